The number of tetrazole rings is 1. The molecule has 1 fully saturated rings. The van der Waals surface area contributed by atoms with Crippen molar-refractivity contribution in [3.05, 3.63) is 5.82 Å². The minimum Gasteiger partial charge on any atom is -0.293 e. The molecule has 1 heterocycles. The molecule has 0 radical (unpaired) electrons. The van der Waals surface area contributed by atoms with E-state index in [1.165, 1.54) is 24.1 Å². The monoisotopic (exact) mass is 243 g/mol. The van der Waals surface area contributed by atoms with Crippen molar-refractivity contribution in [3.63, 3.8) is 0 Å². The number of nitrogens with zero attached hydrogens (tertiary/aromatic N) is 5. The first kappa shape index (κ1) is 11.8. The van der Waals surface area contributed by atoms with Crippen LogP contribution >= 0.6 is 11.6 Å². The van der Waals surface area contributed by atoms with Crippen LogP contribution < -0.4 is 0 Å². The summed E-state index contributed by atoms with van der Waals surface area (Å²) in [5, 5.41) is 12.1. The Balaban J connectivity index is 1.90. The number of hydrogen-bond donors (Lipinski definition) is 0. The van der Waals surface area contributed by atoms with Crippen LogP contribution in [0.3, 0.4) is 0 Å². The van der Waals surface area contributed by atoms with E-state index in [-0.39, 0.29) is 0 Å². The molecule has 1 saturated carbocycles. The molecule has 1 aromatic heterocycles. The molecule has 1 aliphatic carbocycles. The fourth-order valence-electron chi connectivity index (χ4n) is 1.97. The van der Waals surface area contributed by atoms with Crippen molar-refractivity contribution >= 4 is 11.6 Å². The van der Waals surface area contributed by atoms with Gasteiger partial charge in [0.15, 0.2) is 5.82 Å². The molecule has 2 rings (SSSR count). The number of alkyl halides is 1. The molecule has 0 bridgehead atoms. The Kier molecular flexibility index (Phi) is 4.12. The number of aryl methyl sites for hydroxylation is 1. The largest absolute Gasteiger partial charge is 0.293 e. The summed E-state index contributed by atoms with van der Waals surface area (Å²) >= 11 is 5.74. The third kappa shape index (κ3) is 2.92. The van der Waals surface area contributed by atoms with E-state index < -0.39 is 0 Å². The van der Waals surface area contributed by atoms with Crippen molar-refractivity contribution < 1.29 is 0 Å². The maximum atomic E-state index is 5.74. The molecule has 0 unspecified atom stereocenters. The number of hydrogen-bond acceptors (Lipinski definition) is 4. The van der Waals surface area contributed by atoms with Gasteiger partial charge in [-0.25, -0.2) is 0 Å². The molecule has 0 atom stereocenters. The van der Waals surface area contributed by atoms with Crippen LogP contribution in [-0.2, 0) is 13.6 Å². The second-order valence-electron chi connectivity index (χ2n) is 4.29. The lowest BCUT2D eigenvalue weighted by atomic mass is 9.91. The van der Waals surface area contributed by atoms with E-state index in [0.717, 1.165) is 31.2 Å². The fourth-order valence-corrected chi connectivity index (χ4v) is 2.09. The van der Waals surface area contributed by atoms with Crippen LogP contribution in [0.2, 0.25) is 0 Å². The number of rotatable bonds is 6. The van der Waals surface area contributed by atoms with Crippen molar-refractivity contribution in [2.45, 2.75) is 38.3 Å². The Bertz CT molecular complexity index is 323. The first-order chi connectivity index (χ1) is 7.79. The summed E-state index contributed by atoms with van der Waals surface area (Å²) in [6.45, 7) is 1.84. The van der Waals surface area contributed by atoms with Gasteiger partial charge < -0.3 is 0 Å². The second kappa shape index (κ2) is 5.59. The standard InChI is InChI=1S/C10H18ClN5/c1-15-13-10(12-14-15)8-16(7-3-6-11)9-4-2-5-9/h9H,2-8H2,1H3. The Morgan fingerprint density at radius 2 is 2.31 bits per heavy atom. The van der Waals surface area contributed by atoms with Gasteiger partial charge in [-0.3, -0.25) is 4.90 Å². The van der Waals surface area contributed by atoms with Crippen LogP contribution in [0, 0.1) is 0 Å². The third-order valence-corrected chi connectivity index (χ3v) is 3.33. The minimum atomic E-state index is 0.701. The molecule has 0 aromatic carbocycles. The average Bonchev–Trinajstić information content (AvgIpc) is 2.58. The Labute approximate surface area is 101 Å². The predicted molar refractivity (Wildman–Crippen MR) is 62.2 cm³/mol. The summed E-state index contributed by atoms with van der Waals surface area (Å²) in [4.78, 5) is 3.94. The molecule has 0 saturated heterocycles. The first-order valence-corrected chi connectivity index (χ1v) is 6.36. The van der Waals surface area contributed by atoms with Gasteiger partial charge in [0.25, 0.3) is 0 Å². The Hall–Kier alpha value is -0.680. The van der Waals surface area contributed by atoms with Crippen LogP contribution in [0.25, 0.3) is 0 Å². The fraction of sp³-hybridized carbons (Fsp3) is 0.900. The summed E-state index contributed by atoms with van der Waals surface area (Å²) in [7, 11) is 1.79. The van der Waals surface area contributed by atoms with Crippen molar-refractivity contribution in [3.8, 4) is 0 Å². The molecule has 1 aromatic rings. The van der Waals surface area contributed by atoms with Gasteiger partial charge in [-0.05, 0) is 24.5 Å². The molecule has 0 amide bonds. The van der Waals surface area contributed by atoms with Crippen LogP contribution in [0.5, 0.6) is 0 Å². The summed E-state index contributed by atoms with van der Waals surface area (Å²) in [5.41, 5.74) is 0. The highest BCUT2D eigenvalue weighted by atomic mass is 35.5. The summed E-state index contributed by atoms with van der Waals surface area (Å²) in [5.74, 6) is 1.53. The molecule has 0 N–H and O–H groups in total. The Morgan fingerprint density at radius 3 is 2.81 bits per heavy atom. The van der Waals surface area contributed by atoms with Crippen LogP contribution in [-0.4, -0.2) is 43.6 Å². The summed E-state index contributed by atoms with van der Waals surface area (Å²) in [6, 6.07) is 0.701. The second-order valence-corrected chi connectivity index (χ2v) is 4.67. The van der Waals surface area contributed by atoms with E-state index in [1.54, 1.807) is 7.05 Å². The maximum absolute atomic E-state index is 5.74. The zero-order valence-corrected chi connectivity index (χ0v) is 10.4. The molecule has 6 heteroatoms. The molecule has 90 valence electrons. The molecule has 5 nitrogen and oxygen atoms in total. The van der Waals surface area contributed by atoms with Crippen molar-refractivity contribution in [2.75, 3.05) is 12.4 Å². The van der Waals surface area contributed by atoms with Crippen LogP contribution in [0.15, 0.2) is 0 Å². The van der Waals surface area contributed by atoms with Crippen molar-refractivity contribution in [2.24, 2.45) is 7.05 Å². The van der Waals surface area contributed by atoms with Gasteiger partial charge in [0.2, 0.25) is 0 Å². The highest BCUT2D eigenvalue weighted by Crippen LogP contribution is 2.25. The van der Waals surface area contributed by atoms with Gasteiger partial charge >= 0.3 is 0 Å². The first-order valence-electron chi connectivity index (χ1n) is 5.82. The van der Waals surface area contributed by atoms with E-state index in [0.29, 0.717) is 6.04 Å². The van der Waals surface area contributed by atoms with Crippen LogP contribution in [0.4, 0.5) is 0 Å². The maximum Gasteiger partial charge on any atom is 0.188 e. The molecule has 0 aliphatic heterocycles. The van der Waals surface area contributed by atoms with Gasteiger partial charge in [0, 0.05) is 18.5 Å². The molecule has 1 aliphatic rings. The van der Waals surface area contributed by atoms with Crippen molar-refractivity contribution in [1.29, 1.82) is 0 Å². The van der Waals surface area contributed by atoms with Gasteiger partial charge in [-0.2, -0.15) is 4.80 Å². The van der Waals surface area contributed by atoms with E-state index in [2.05, 4.69) is 20.3 Å². The topological polar surface area (TPSA) is 46.8 Å². The zero-order chi connectivity index (χ0) is 11.4. The SMILES string of the molecule is Cn1nnc(CN(CCCCl)C2CCC2)n1. The molecule has 0 spiro atoms. The molecular weight excluding hydrogens is 226 g/mol. The van der Waals surface area contributed by atoms with E-state index in [1.807, 2.05) is 0 Å². The summed E-state index contributed by atoms with van der Waals surface area (Å²) < 4.78 is 0. The normalized spacial score (nSPS) is 16.7. The Morgan fingerprint density at radius 1 is 1.50 bits per heavy atom. The highest BCUT2D eigenvalue weighted by Gasteiger charge is 2.25. The lowest BCUT2D eigenvalue weighted by molar-refractivity contribution is 0.116. The van der Waals surface area contributed by atoms with E-state index >= 15 is 0 Å². The van der Waals surface area contributed by atoms with E-state index in [4.69, 9.17) is 11.6 Å². The smallest absolute Gasteiger partial charge is 0.188 e. The predicted octanol–water partition coefficient (Wildman–Crippen LogP) is 1.19. The quantitative estimate of drug-likeness (QED) is 0.705. The zero-order valence-electron chi connectivity index (χ0n) is 9.64. The lowest BCUT2D eigenvalue weighted by Gasteiger charge is -2.36. The van der Waals surface area contributed by atoms with Gasteiger partial charge in [0.1, 0.15) is 0 Å². The summed E-state index contributed by atoms with van der Waals surface area (Å²) in [6.07, 6.45) is 4.96. The molecular formula is C10H18ClN5. The minimum absolute atomic E-state index is 0.701. The van der Waals surface area contributed by atoms with Gasteiger partial charge in [-0.15, -0.1) is 21.8 Å². The third-order valence-electron chi connectivity index (χ3n) is 3.06. The highest BCUT2D eigenvalue weighted by molar-refractivity contribution is 6.17. The van der Waals surface area contributed by atoms with Crippen molar-refractivity contribution in [1.82, 2.24) is 25.1 Å². The van der Waals surface area contributed by atoms with Crippen LogP contribution in [0.1, 0.15) is 31.5 Å². The average molecular weight is 244 g/mol. The number of halogens is 1. The van der Waals surface area contributed by atoms with Gasteiger partial charge in [-0.1, -0.05) is 6.42 Å². The van der Waals surface area contributed by atoms with Gasteiger partial charge in [0.05, 0.1) is 13.6 Å². The van der Waals surface area contributed by atoms with E-state index in [9.17, 15) is 0 Å². The lowest BCUT2D eigenvalue weighted by Crippen LogP contribution is -2.40. The molecule has 16 heavy (non-hydrogen) atoms. The number of aromatic nitrogens is 4.